The zero-order valence-corrected chi connectivity index (χ0v) is 16.7. The highest BCUT2D eigenvalue weighted by Gasteiger charge is 2.30. The van der Waals surface area contributed by atoms with E-state index in [0.29, 0.717) is 17.4 Å². The van der Waals surface area contributed by atoms with Gasteiger partial charge in [-0.3, -0.25) is 4.79 Å². The Hall–Kier alpha value is -2.73. The Labute approximate surface area is 168 Å². The predicted molar refractivity (Wildman–Crippen MR) is 112 cm³/mol. The van der Waals surface area contributed by atoms with Crippen molar-refractivity contribution < 1.29 is 13.9 Å². The number of aromatic nitrogens is 1. The lowest BCUT2D eigenvalue weighted by Crippen LogP contribution is -2.37. The maximum Gasteiger partial charge on any atom is 0.237 e. The van der Waals surface area contributed by atoms with Crippen molar-refractivity contribution >= 4 is 23.4 Å². The summed E-state index contributed by atoms with van der Waals surface area (Å²) in [5.41, 5.74) is 4.02. The van der Waals surface area contributed by atoms with Crippen molar-refractivity contribution in [2.45, 2.75) is 25.1 Å². The number of ether oxygens (including phenoxy) is 1. The van der Waals surface area contributed by atoms with Crippen LogP contribution in [-0.2, 0) is 17.0 Å². The minimum Gasteiger partial charge on any atom is -0.497 e. The summed E-state index contributed by atoms with van der Waals surface area (Å²) in [6.45, 7) is 2.10. The molecule has 1 aromatic heterocycles. The number of rotatable bonds is 6. The number of fused-ring (bicyclic) bond motifs is 1. The molecule has 2 aromatic carbocycles. The summed E-state index contributed by atoms with van der Waals surface area (Å²) in [7, 11) is 1.64. The van der Waals surface area contributed by atoms with Gasteiger partial charge in [-0.1, -0.05) is 18.2 Å². The van der Waals surface area contributed by atoms with E-state index in [0.717, 1.165) is 29.1 Å². The summed E-state index contributed by atoms with van der Waals surface area (Å²) in [4.78, 5) is 19.2. The molecular weight excluding hydrogens is 372 g/mol. The van der Waals surface area contributed by atoms with Gasteiger partial charge < -0.3 is 14.1 Å². The van der Waals surface area contributed by atoms with Crippen LogP contribution in [0.1, 0.15) is 18.2 Å². The monoisotopic (exact) mass is 394 g/mol. The second kappa shape index (κ2) is 8.10. The van der Waals surface area contributed by atoms with Crippen LogP contribution >= 0.6 is 11.8 Å². The summed E-state index contributed by atoms with van der Waals surface area (Å²) >= 11 is 1.56. The first-order chi connectivity index (χ1) is 13.7. The SMILES string of the molecule is COc1ccc(-c2nc(CSCC(=O)N3c4ccccc4C[C@@H]3C)co2)cc1. The van der Waals surface area contributed by atoms with Crippen LogP contribution in [0.4, 0.5) is 5.69 Å². The van der Waals surface area contributed by atoms with Gasteiger partial charge in [0.05, 0.1) is 18.6 Å². The Bertz CT molecular complexity index is 968. The van der Waals surface area contributed by atoms with E-state index in [2.05, 4.69) is 18.0 Å². The number of oxazole rings is 1. The average Bonchev–Trinajstić information content (AvgIpc) is 3.31. The number of hydrogen-bond donors (Lipinski definition) is 0. The lowest BCUT2D eigenvalue weighted by molar-refractivity contribution is -0.116. The highest BCUT2D eigenvalue weighted by Crippen LogP contribution is 2.32. The van der Waals surface area contributed by atoms with Crippen molar-refractivity contribution in [1.82, 2.24) is 4.98 Å². The lowest BCUT2D eigenvalue weighted by atomic mass is 10.1. The molecule has 6 heteroatoms. The number of amides is 1. The molecule has 1 amide bonds. The second-order valence-corrected chi connectivity index (χ2v) is 7.80. The van der Waals surface area contributed by atoms with E-state index in [9.17, 15) is 4.79 Å². The number of nitrogens with zero attached hydrogens (tertiary/aromatic N) is 2. The molecule has 4 rings (SSSR count). The van der Waals surface area contributed by atoms with Crippen LogP contribution in [-0.4, -0.2) is 29.8 Å². The zero-order valence-electron chi connectivity index (χ0n) is 15.9. The summed E-state index contributed by atoms with van der Waals surface area (Å²) in [6, 6.07) is 15.9. The number of benzene rings is 2. The van der Waals surface area contributed by atoms with Crippen LogP contribution in [0, 0.1) is 0 Å². The van der Waals surface area contributed by atoms with Gasteiger partial charge in [0.1, 0.15) is 12.0 Å². The van der Waals surface area contributed by atoms with Crippen molar-refractivity contribution in [3.05, 3.63) is 66.1 Å². The molecule has 2 heterocycles. The number of thioether (sulfide) groups is 1. The first-order valence-corrected chi connectivity index (χ1v) is 10.4. The second-order valence-electron chi connectivity index (χ2n) is 6.81. The van der Waals surface area contributed by atoms with Gasteiger partial charge in [0, 0.05) is 23.0 Å². The minimum absolute atomic E-state index is 0.140. The average molecular weight is 394 g/mol. The van der Waals surface area contributed by atoms with Gasteiger partial charge in [-0.05, 0) is 49.2 Å². The van der Waals surface area contributed by atoms with Crippen LogP contribution in [0.3, 0.4) is 0 Å². The fourth-order valence-corrected chi connectivity index (χ4v) is 4.25. The fourth-order valence-electron chi connectivity index (χ4n) is 3.50. The van der Waals surface area contributed by atoms with E-state index in [4.69, 9.17) is 9.15 Å². The van der Waals surface area contributed by atoms with Crippen molar-refractivity contribution in [2.75, 3.05) is 17.8 Å². The number of hydrogen-bond acceptors (Lipinski definition) is 5. The summed E-state index contributed by atoms with van der Waals surface area (Å²) < 4.78 is 10.8. The van der Waals surface area contributed by atoms with E-state index in [1.54, 1.807) is 25.1 Å². The molecule has 0 fully saturated rings. The van der Waals surface area contributed by atoms with Crippen molar-refractivity contribution in [2.24, 2.45) is 0 Å². The van der Waals surface area contributed by atoms with Gasteiger partial charge in [-0.2, -0.15) is 0 Å². The molecule has 1 aliphatic heterocycles. The molecule has 0 unspecified atom stereocenters. The first-order valence-electron chi connectivity index (χ1n) is 9.22. The summed E-state index contributed by atoms with van der Waals surface area (Å²) in [5.74, 6) is 2.56. The molecule has 5 nitrogen and oxygen atoms in total. The molecule has 0 N–H and O–H groups in total. The normalized spacial score (nSPS) is 15.5. The molecule has 0 saturated heterocycles. The number of methoxy groups -OCH3 is 1. The number of carbonyl (C=O) groups is 1. The van der Waals surface area contributed by atoms with E-state index in [1.165, 1.54) is 5.56 Å². The van der Waals surface area contributed by atoms with E-state index >= 15 is 0 Å². The molecule has 144 valence electrons. The fraction of sp³-hybridized carbons (Fsp3) is 0.273. The molecule has 0 radical (unpaired) electrons. The van der Waals surface area contributed by atoms with Crippen LogP contribution < -0.4 is 9.64 Å². The summed E-state index contributed by atoms with van der Waals surface area (Å²) in [5, 5.41) is 0. The van der Waals surface area contributed by atoms with Gasteiger partial charge in [-0.15, -0.1) is 11.8 Å². The van der Waals surface area contributed by atoms with Gasteiger partial charge in [0.2, 0.25) is 11.8 Å². The largest absolute Gasteiger partial charge is 0.497 e. The van der Waals surface area contributed by atoms with Crippen molar-refractivity contribution in [3.63, 3.8) is 0 Å². The number of anilines is 1. The molecular formula is C22H22N2O3S. The molecule has 28 heavy (non-hydrogen) atoms. The third-order valence-electron chi connectivity index (χ3n) is 4.84. The van der Waals surface area contributed by atoms with Crippen LogP contribution in [0.2, 0.25) is 0 Å². The van der Waals surface area contributed by atoms with E-state index in [1.807, 2.05) is 47.4 Å². The smallest absolute Gasteiger partial charge is 0.237 e. The lowest BCUT2D eigenvalue weighted by Gasteiger charge is -2.22. The third-order valence-corrected chi connectivity index (χ3v) is 5.79. The number of carbonyl (C=O) groups excluding carboxylic acids is 1. The molecule has 0 spiro atoms. The Balaban J connectivity index is 1.34. The Morgan fingerprint density at radius 3 is 2.82 bits per heavy atom. The van der Waals surface area contributed by atoms with Crippen molar-refractivity contribution in [3.8, 4) is 17.2 Å². The first kappa shape index (κ1) is 18.6. The maximum atomic E-state index is 12.7. The molecule has 1 aliphatic rings. The Kier molecular flexibility index (Phi) is 5.39. The number of para-hydroxylation sites is 1. The highest BCUT2D eigenvalue weighted by atomic mass is 32.2. The third kappa shape index (κ3) is 3.78. The molecule has 1 atom stereocenters. The van der Waals surface area contributed by atoms with Gasteiger partial charge in [-0.25, -0.2) is 4.98 Å². The predicted octanol–water partition coefficient (Wildman–Crippen LogP) is 4.56. The molecule has 0 aliphatic carbocycles. The molecule has 0 saturated carbocycles. The van der Waals surface area contributed by atoms with E-state index in [-0.39, 0.29) is 11.9 Å². The quantitative estimate of drug-likeness (QED) is 0.613. The van der Waals surface area contributed by atoms with Crippen LogP contribution in [0.25, 0.3) is 11.5 Å². The van der Waals surface area contributed by atoms with E-state index < -0.39 is 0 Å². The highest BCUT2D eigenvalue weighted by molar-refractivity contribution is 7.99. The van der Waals surface area contributed by atoms with Crippen LogP contribution in [0.5, 0.6) is 5.75 Å². The Morgan fingerprint density at radius 1 is 1.25 bits per heavy atom. The van der Waals surface area contributed by atoms with Crippen molar-refractivity contribution in [1.29, 1.82) is 0 Å². The standard InChI is InChI=1S/C22H22N2O3S/c1-15-11-17-5-3-4-6-20(17)24(15)21(25)14-28-13-18-12-27-22(23-18)16-7-9-19(26-2)10-8-16/h3-10,12,15H,11,13-14H2,1-2H3/t15-/m0/s1. The van der Waals surface area contributed by atoms with Crippen LogP contribution in [0.15, 0.2) is 59.2 Å². The maximum absolute atomic E-state index is 12.7. The Morgan fingerprint density at radius 2 is 2.04 bits per heavy atom. The van der Waals surface area contributed by atoms with Gasteiger partial charge in [0.25, 0.3) is 0 Å². The molecule has 0 bridgehead atoms. The van der Waals surface area contributed by atoms with Gasteiger partial charge >= 0.3 is 0 Å². The zero-order chi connectivity index (χ0) is 19.5. The molecule has 3 aromatic rings. The van der Waals surface area contributed by atoms with Gasteiger partial charge in [0.15, 0.2) is 0 Å². The minimum atomic E-state index is 0.140. The summed E-state index contributed by atoms with van der Waals surface area (Å²) in [6.07, 6.45) is 2.58. The topological polar surface area (TPSA) is 55.6 Å².